The molecule has 0 atom stereocenters. The number of benzene rings is 1. The van der Waals surface area contributed by atoms with E-state index in [0.29, 0.717) is 38.2 Å². The molecule has 0 aliphatic carbocycles. The Labute approximate surface area is 142 Å². The number of fused-ring (bicyclic) bond motifs is 1. The molecule has 0 unspecified atom stereocenters. The molecule has 2 aliphatic heterocycles. The molecule has 2 heterocycles. The molecule has 130 valence electrons. The number of hydrogen-bond donors (Lipinski definition) is 0. The van der Waals surface area contributed by atoms with Gasteiger partial charge in [0.15, 0.2) is 11.5 Å². The van der Waals surface area contributed by atoms with Gasteiger partial charge in [0, 0.05) is 32.6 Å². The molecular weight excluding hydrogens is 308 g/mol. The second-order valence-corrected chi connectivity index (χ2v) is 6.23. The molecule has 0 radical (unpaired) electrons. The molecule has 0 bridgehead atoms. The summed E-state index contributed by atoms with van der Waals surface area (Å²) >= 11 is 0. The van der Waals surface area contributed by atoms with Crippen LogP contribution in [0.5, 0.6) is 11.5 Å². The summed E-state index contributed by atoms with van der Waals surface area (Å²) in [6, 6.07) is 5.62. The Hall–Kier alpha value is -2.24. The normalized spacial score (nSPS) is 16.9. The number of hydrogen-bond acceptors (Lipinski definition) is 4. The maximum Gasteiger partial charge on any atom is 0.231 e. The first-order chi connectivity index (χ1) is 11.7. The van der Waals surface area contributed by atoms with E-state index in [1.54, 1.807) is 0 Å². The molecule has 24 heavy (non-hydrogen) atoms. The molecule has 6 heteroatoms. The number of amides is 2. The molecule has 0 aromatic heterocycles. The second-order valence-electron chi connectivity index (χ2n) is 6.23. The fraction of sp³-hybridized carbons (Fsp3) is 0.556. The van der Waals surface area contributed by atoms with E-state index in [4.69, 9.17) is 9.47 Å². The first-order valence-electron chi connectivity index (χ1n) is 8.61. The zero-order valence-corrected chi connectivity index (χ0v) is 14.1. The van der Waals surface area contributed by atoms with Crippen LogP contribution < -0.4 is 9.47 Å². The first-order valence-corrected chi connectivity index (χ1v) is 8.61. The van der Waals surface area contributed by atoms with Crippen LogP contribution in [0.25, 0.3) is 0 Å². The van der Waals surface area contributed by atoms with Crippen LogP contribution in [0.3, 0.4) is 0 Å². The summed E-state index contributed by atoms with van der Waals surface area (Å²) in [5, 5.41) is 0. The third kappa shape index (κ3) is 3.80. The maximum atomic E-state index is 12.6. The lowest BCUT2D eigenvalue weighted by molar-refractivity contribution is -0.133. The van der Waals surface area contributed by atoms with Crippen molar-refractivity contribution in [1.82, 2.24) is 9.80 Å². The standard InChI is InChI=1S/C18H24N2O4/c1-2-4-17(21)19-7-3-8-20(10-9-19)18(22)12-14-5-6-15-16(11-14)24-13-23-15/h5-6,11H,2-4,7-10,12-13H2,1H3. The molecular formula is C18H24N2O4. The Morgan fingerprint density at radius 3 is 2.46 bits per heavy atom. The molecule has 1 aromatic rings. The zero-order chi connectivity index (χ0) is 16.9. The van der Waals surface area contributed by atoms with Crippen molar-refractivity contribution >= 4 is 11.8 Å². The number of rotatable bonds is 4. The molecule has 6 nitrogen and oxygen atoms in total. The minimum atomic E-state index is 0.0960. The molecule has 2 aliphatic rings. The summed E-state index contributed by atoms with van der Waals surface area (Å²) in [6.45, 7) is 4.94. The Bertz CT molecular complexity index is 617. The van der Waals surface area contributed by atoms with Crippen molar-refractivity contribution in [2.75, 3.05) is 33.0 Å². The Balaban J connectivity index is 1.56. The van der Waals surface area contributed by atoms with Gasteiger partial charge >= 0.3 is 0 Å². The van der Waals surface area contributed by atoms with Gasteiger partial charge in [-0.15, -0.1) is 0 Å². The van der Waals surface area contributed by atoms with Crippen LogP contribution in [0.4, 0.5) is 0 Å². The smallest absolute Gasteiger partial charge is 0.231 e. The van der Waals surface area contributed by atoms with Crippen LogP contribution in [0, 0.1) is 0 Å². The van der Waals surface area contributed by atoms with Crippen LogP contribution >= 0.6 is 0 Å². The number of ether oxygens (including phenoxy) is 2. The summed E-state index contributed by atoms with van der Waals surface area (Å²) in [5.41, 5.74) is 0.924. The summed E-state index contributed by atoms with van der Waals surface area (Å²) in [7, 11) is 0. The van der Waals surface area contributed by atoms with Crippen LogP contribution in [0.1, 0.15) is 31.7 Å². The van der Waals surface area contributed by atoms with Gasteiger partial charge in [-0.05, 0) is 30.5 Å². The van der Waals surface area contributed by atoms with Crippen molar-refractivity contribution < 1.29 is 19.1 Å². The van der Waals surface area contributed by atoms with E-state index in [9.17, 15) is 9.59 Å². The summed E-state index contributed by atoms with van der Waals surface area (Å²) in [6.07, 6.45) is 2.63. The third-order valence-corrected chi connectivity index (χ3v) is 4.46. The number of nitrogens with zero attached hydrogens (tertiary/aromatic N) is 2. The van der Waals surface area contributed by atoms with Crippen molar-refractivity contribution in [3.63, 3.8) is 0 Å². The fourth-order valence-electron chi connectivity index (χ4n) is 3.13. The minimum Gasteiger partial charge on any atom is -0.454 e. The van der Waals surface area contributed by atoms with Crippen LogP contribution in [-0.2, 0) is 16.0 Å². The maximum absolute atomic E-state index is 12.6. The van der Waals surface area contributed by atoms with Crippen LogP contribution in [-0.4, -0.2) is 54.6 Å². The van der Waals surface area contributed by atoms with Gasteiger partial charge in [0.05, 0.1) is 6.42 Å². The van der Waals surface area contributed by atoms with Gasteiger partial charge in [-0.25, -0.2) is 0 Å². The molecule has 1 aromatic carbocycles. The molecule has 1 fully saturated rings. The van der Waals surface area contributed by atoms with Gasteiger partial charge in [-0.1, -0.05) is 13.0 Å². The minimum absolute atomic E-state index is 0.0960. The van der Waals surface area contributed by atoms with Crippen molar-refractivity contribution in [2.45, 2.75) is 32.6 Å². The van der Waals surface area contributed by atoms with E-state index in [0.717, 1.165) is 30.7 Å². The Morgan fingerprint density at radius 1 is 1.00 bits per heavy atom. The molecule has 3 rings (SSSR count). The highest BCUT2D eigenvalue weighted by atomic mass is 16.7. The van der Waals surface area contributed by atoms with E-state index in [1.807, 2.05) is 34.9 Å². The number of carbonyl (C=O) groups excluding carboxylic acids is 2. The average Bonchev–Trinajstić information content (AvgIpc) is 2.89. The van der Waals surface area contributed by atoms with Gasteiger partial charge < -0.3 is 19.3 Å². The lowest BCUT2D eigenvalue weighted by Crippen LogP contribution is -2.37. The van der Waals surface area contributed by atoms with Gasteiger partial charge in [-0.3, -0.25) is 9.59 Å². The summed E-state index contributed by atoms with van der Waals surface area (Å²) < 4.78 is 10.6. The molecule has 0 spiro atoms. The highest BCUT2D eigenvalue weighted by Gasteiger charge is 2.22. The van der Waals surface area contributed by atoms with Gasteiger partial charge in [-0.2, -0.15) is 0 Å². The predicted octanol–water partition coefficient (Wildman–Crippen LogP) is 1.82. The van der Waals surface area contributed by atoms with Crippen molar-refractivity contribution in [2.24, 2.45) is 0 Å². The van der Waals surface area contributed by atoms with E-state index >= 15 is 0 Å². The molecule has 2 amide bonds. The van der Waals surface area contributed by atoms with Crippen molar-refractivity contribution in [3.05, 3.63) is 23.8 Å². The second kappa shape index (κ2) is 7.55. The highest BCUT2D eigenvalue weighted by molar-refractivity contribution is 5.79. The van der Waals surface area contributed by atoms with Gasteiger partial charge in [0.25, 0.3) is 0 Å². The molecule has 1 saturated heterocycles. The number of carbonyl (C=O) groups is 2. The lowest BCUT2D eigenvalue weighted by atomic mass is 10.1. The van der Waals surface area contributed by atoms with Gasteiger partial charge in [0.2, 0.25) is 18.6 Å². The average molecular weight is 332 g/mol. The monoisotopic (exact) mass is 332 g/mol. The van der Waals surface area contributed by atoms with E-state index in [2.05, 4.69) is 0 Å². The topological polar surface area (TPSA) is 59.1 Å². The molecule has 0 N–H and O–H groups in total. The van der Waals surface area contributed by atoms with E-state index in [1.165, 1.54) is 0 Å². The van der Waals surface area contributed by atoms with Crippen molar-refractivity contribution in [1.29, 1.82) is 0 Å². The highest BCUT2D eigenvalue weighted by Crippen LogP contribution is 2.32. The quantitative estimate of drug-likeness (QED) is 0.844. The molecule has 0 saturated carbocycles. The summed E-state index contributed by atoms with van der Waals surface area (Å²) in [5.74, 6) is 1.72. The fourth-order valence-corrected chi connectivity index (χ4v) is 3.13. The van der Waals surface area contributed by atoms with E-state index < -0.39 is 0 Å². The SMILES string of the molecule is CCCC(=O)N1CCCN(C(=O)Cc2ccc3c(c2)OCO3)CC1. The Kier molecular flexibility index (Phi) is 5.23. The lowest BCUT2D eigenvalue weighted by Gasteiger charge is -2.22. The zero-order valence-electron chi connectivity index (χ0n) is 14.1. The van der Waals surface area contributed by atoms with Gasteiger partial charge in [0.1, 0.15) is 0 Å². The third-order valence-electron chi connectivity index (χ3n) is 4.46. The first kappa shape index (κ1) is 16.6. The van der Waals surface area contributed by atoms with Crippen molar-refractivity contribution in [3.8, 4) is 11.5 Å². The Morgan fingerprint density at radius 2 is 1.71 bits per heavy atom. The predicted molar refractivity (Wildman–Crippen MR) is 89.0 cm³/mol. The van der Waals surface area contributed by atoms with Crippen LogP contribution in [0.2, 0.25) is 0 Å². The summed E-state index contributed by atoms with van der Waals surface area (Å²) in [4.78, 5) is 28.3. The van der Waals surface area contributed by atoms with E-state index in [-0.39, 0.29) is 18.6 Å². The van der Waals surface area contributed by atoms with Crippen LogP contribution in [0.15, 0.2) is 18.2 Å². The largest absolute Gasteiger partial charge is 0.454 e.